The van der Waals surface area contributed by atoms with Crippen LogP contribution in [-0.2, 0) is 11.2 Å². The van der Waals surface area contributed by atoms with Gasteiger partial charge in [-0.05, 0) is 29.7 Å². The van der Waals surface area contributed by atoms with Crippen LogP contribution >= 0.6 is 11.3 Å². The van der Waals surface area contributed by atoms with Gasteiger partial charge in [0.25, 0.3) is 5.91 Å². The van der Waals surface area contributed by atoms with E-state index in [2.05, 4.69) is 46.3 Å². The van der Waals surface area contributed by atoms with Gasteiger partial charge in [-0.25, -0.2) is 4.98 Å². The van der Waals surface area contributed by atoms with Gasteiger partial charge in [-0.2, -0.15) is 0 Å². The topological polar surface area (TPSA) is 56.8 Å². The highest BCUT2D eigenvalue weighted by Gasteiger charge is 2.36. The Morgan fingerprint density at radius 1 is 1.00 bits per heavy atom. The summed E-state index contributed by atoms with van der Waals surface area (Å²) in [6.45, 7) is 3.63. The summed E-state index contributed by atoms with van der Waals surface area (Å²) in [5.41, 5.74) is 3.45. The lowest BCUT2D eigenvalue weighted by atomic mass is 10.0. The van der Waals surface area contributed by atoms with E-state index >= 15 is 0 Å². The Morgan fingerprint density at radius 2 is 1.78 bits per heavy atom. The maximum absolute atomic E-state index is 12.9. The predicted molar refractivity (Wildman–Crippen MR) is 126 cm³/mol. The average molecular weight is 447 g/mol. The zero-order valence-corrected chi connectivity index (χ0v) is 18.7. The Hall–Kier alpha value is -3.03. The van der Waals surface area contributed by atoms with Crippen LogP contribution in [0.5, 0.6) is 0 Å². The number of hydrogen-bond acceptors (Lipinski definition) is 5. The fourth-order valence-corrected chi connectivity index (χ4v) is 5.21. The van der Waals surface area contributed by atoms with Gasteiger partial charge in [0.2, 0.25) is 5.91 Å². The van der Waals surface area contributed by atoms with Gasteiger partial charge in [-0.3, -0.25) is 14.5 Å². The minimum absolute atomic E-state index is 0.0130. The van der Waals surface area contributed by atoms with Crippen LogP contribution in [0, 0.1) is 0 Å². The Morgan fingerprint density at radius 3 is 2.53 bits per heavy atom. The number of carbonyl (C=O) groups is 2. The first kappa shape index (κ1) is 20.8. The summed E-state index contributed by atoms with van der Waals surface area (Å²) in [6.07, 6.45) is 3.06. The van der Waals surface area contributed by atoms with E-state index in [0.717, 1.165) is 25.2 Å². The molecule has 2 fully saturated rings. The van der Waals surface area contributed by atoms with Crippen LogP contribution in [0.25, 0.3) is 0 Å². The Bertz CT molecular complexity index is 1080. The van der Waals surface area contributed by atoms with Crippen molar-refractivity contribution in [3.63, 3.8) is 0 Å². The Balaban J connectivity index is 1.20. The minimum Gasteiger partial charge on any atom is -0.334 e. The number of aromatic nitrogens is 1. The van der Waals surface area contributed by atoms with Gasteiger partial charge in [0.15, 0.2) is 5.01 Å². The standard InChI is InChI=1S/C25H26N4O2S/c30-23-17-22(27-10-12-28(13-11-27)25(31)24-26-9-14-32-24)18-29(23)21-8-4-7-20(16-21)15-19-5-2-1-3-6-19/h1-9,14,16,22H,10-13,15,17-18H2. The molecule has 7 heteroatoms. The molecule has 3 heterocycles. The van der Waals surface area contributed by atoms with Gasteiger partial charge in [0.05, 0.1) is 0 Å². The first-order valence-electron chi connectivity index (χ1n) is 11.0. The molecule has 0 radical (unpaired) electrons. The molecule has 0 bridgehead atoms. The number of benzene rings is 2. The van der Waals surface area contributed by atoms with Crippen molar-refractivity contribution >= 4 is 28.8 Å². The molecule has 2 aliphatic rings. The van der Waals surface area contributed by atoms with Gasteiger partial charge in [0.1, 0.15) is 0 Å². The van der Waals surface area contributed by atoms with Crippen molar-refractivity contribution in [3.05, 3.63) is 82.3 Å². The molecule has 0 saturated carbocycles. The normalized spacial score (nSPS) is 19.5. The molecule has 1 unspecified atom stereocenters. The quantitative estimate of drug-likeness (QED) is 0.604. The third kappa shape index (κ3) is 4.45. The lowest BCUT2D eigenvalue weighted by Gasteiger charge is -2.37. The third-order valence-electron chi connectivity index (χ3n) is 6.31. The summed E-state index contributed by atoms with van der Waals surface area (Å²) < 4.78 is 0. The van der Waals surface area contributed by atoms with Crippen LogP contribution in [-0.4, -0.2) is 65.4 Å². The summed E-state index contributed by atoms with van der Waals surface area (Å²) in [5.74, 6) is 0.187. The maximum Gasteiger partial charge on any atom is 0.282 e. The second-order valence-electron chi connectivity index (χ2n) is 8.36. The fraction of sp³-hybridized carbons (Fsp3) is 0.320. The number of anilines is 1. The smallest absolute Gasteiger partial charge is 0.282 e. The second-order valence-corrected chi connectivity index (χ2v) is 9.25. The fourth-order valence-electron chi connectivity index (χ4n) is 4.60. The summed E-state index contributed by atoms with van der Waals surface area (Å²) >= 11 is 1.38. The number of carbonyl (C=O) groups excluding carboxylic acids is 2. The highest BCUT2D eigenvalue weighted by molar-refractivity contribution is 7.11. The molecule has 1 atom stereocenters. The molecule has 3 aromatic rings. The number of nitrogens with zero attached hydrogens (tertiary/aromatic N) is 4. The van der Waals surface area contributed by atoms with Crippen LogP contribution in [0.1, 0.15) is 27.3 Å². The zero-order chi connectivity index (χ0) is 21.9. The molecular formula is C25H26N4O2S. The number of amides is 2. The van der Waals surface area contributed by atoms with E-state index in [1.807, 2.05) is 33.4 Å². The SMILES string of the molecule is O=C(c1nccs1)N1CCN(C2CC(=O)N(c3cccc(Cc4ccccc4)c3)C2)CC1. The Labute approximate surface area is 192 Å². The minimum atomic E-state index is 0.0130. The number of thiazole rings is 1. The molecule has 0 spiro atoms. The van der Waals surface area contributed by atoms with Crippen molar-refractivity contribution in [2.45, 2.75) is 18.9 Å². The molecule has 5 rings (SSSR count). The number of rotatable bonds is 5. The van der Waals surface area contributed by atoms with E-state index in [1.165, 1.54) is 22.5 Å². The van der Waals surface area contributed by atoms with E-state index < -0.39 is 0 Å². The summed E-state index contributed by atoms with van der Waals surface area (Å²) in [7, 11) is 0. The highest BCUT2D eigenvalue weighted by Crippen LogP contribution is 2.27. The molecule has 2 saturated heterocycles. The maximum atomic E-state index is 12.9. The summed E-state index contributed by atoms with van der Waals surface area (Å²) in [6, 6.07) is 18.9. The Kier molecular flexibility index (Phi) is 6.01. The van der Waals surface area contributed by atoms with Crippen LogP contribution in [0.15, 0.2) is 66.2 Å². The van der Waals surface area contributed by atoms with E-state index in [9.17, 15) is 9.59 Å². The van der Waals surface area contributed by atoms with Crippen LogP contribution in [0.2, 0.25) is 0 Å². The van der Waals surface area contributed by atoms with Gasteiger partial charge in [-0.1, -0.05) is 42.5 Å². The summed E-state index contributed by atoms with van der Waals surface area (Å²) in [5, 5.41) is 2.38. The largest absolute Gasteiger partial charge is 0.334 e. The van der Waals surface area contributed by atoms with Crippen LogP contribution in [0.3, 0.4) is 0 Å². The second kappa shape index (κ2) is 9.22. The van der Waals surface area contributed by atoms with E-state index in [1.54, 1.807) is 6.20 Å². The van der Waals surface area contributed by atoms with Gasteiger partial charge in [-0.15, -0.1) is 11.3 Å². The number of piperazine rings is 1. The monoisotopic (exact) mass is 446 g/mol. The first-order valence-corrected chi connectivity index (χ1v) is 11.9. The third-order valence-corrected chi connectivity index (χ3v) is 7.07. The lowest BCUT2D eigenvalue weighted by Crippen LogP contribution is -2.52. The van der Waals surface area contributed by atoms with E-state index in [0.29, 0.717) is 31.1 Å². The molecule has 2 aliphatic heterocycles. The van der Waals surface area contributed by atoms with E-state index in [4.69, 9.17) is 0 Å². The first-order chi connectivity index (χ1) is 15.7. The zero-order valence-electron chi connectivity index (χ0n) is 17.9. The molecule has 2 aromatic carbocycles. The molecule has 0 N–H and O–H groups in total. The van der Waals surface area contributed by atoms with Crippen molar-refractivity contribution < 1.29 is 9.59 Å². The molecule has 0 aliphatic carbocycles. The molecule has 2 amide bonds. The predicted octanol–water partition coefficient (Wildman–Crippen LogP) is 3.30. The van der Waals surface area contributed by atoms with Gasteiger partial charge in [0, 0.05) is 62.5 Å². The van der Waals surface area contributed by atoms with Crippen molar-refractivity contribution in [2.24, 2.45) is 0 Å². The molecule has 164 valence electrons. The van der Waals surface area contributed by atoms with Crippen molar-refractivity contribution in [1.82, 2.24) is 14.8 Å². The van der Waals surface area contributed by atoms with E-state index in [-0.39, 0.29) is 17.9 Å². The molecule has 1 aromatic heterocycles. The van der Waals surface area contributed by atoms with Crippen molar-refractivity contribution in [2.75, 3.05) is 37.6 Å². The van der Waals surface area contributed by atoms with Crippen LogP contribution in [0.4, 0.5) is 5.69 Å². The van der Waals surface area contributed by atoms with Gasteiger partial charge >= 0.3 is 0 Å². The highest BCUT2D eigenvalue weighted by atomic mass is 32.1. The average Bonchev–Trinajstić information content (AvgIpc) is 3.50. The van der Waals surface area contributed by atoms with Crippen molar-refractivity contribution in [1.29, 1.82) is 0 Å². The number of hydrogen-bond donors (Lipinski definition) is 0. The molecule has 6 nitrogen and oxygen atoms in total. The van der Waals surface area contributed by atoms with Gasteiger partial charge < -0.3 is 9.80 Å². The van der Waals surface area contributed by atoms with Crippen LogP contribution < -0.4 is 4.90 Å². The summed E-state index contributed by atoms with van der Waals surface area (Å²) in [4.78, 5) is 35.7. The molecular weight excluding hydrogens is 420 g/mol. The van der Waals surface area contributed by atoms with Crippen molar-refractivity contribution in [3.8, 4) is 0 Å². The molecule has 32 heavy (non-hydrogen) atoms. The lowest BCUT2D eigenvalue weighted by molar-refractivity contribution is -0.117.